The second-order valence-corrected chi connectivity index (χ2v) is 7.29. The SMILES string of the molecule is CC(C(=O)O)c1cccc(CCNCCCNc2ccc[nH]c2=O)c1.Fc1ccccc1. The summed E-state index contributed by atoms with van der Waals surface area (Å²) in [7, 11) is 0. The average molecular weight is 440 g/mol. The van der Waals surface area contributed by atoms with E-state index in [2.05, 4.69) is 15.6 Å². The molecule has 7 heteroatoms. The molecular weight excluding hydrogens is 409 g/mol. The van der Waals surface area contributed by atoms with Crippen molar-refractivity contribution in [2.45, 2.75) is 25.7 Å². The van der Waals surface area contributed by atoms with Gasteiger partial charge < -0.3 is 20.7 Å². The highest BCUT2D eigenvalue weighted by atomic mass is 19.1. The number of anilines is 1. The zero-order chi connectivity index (χ0) is 23.2. The number of H-pyrrole nitrogens is 1. The molecule has 0 amide bonds. The third-order valence-electron chi connectivity index (χ3n) is 4.81. The Bertz CT molecular complexity index is 1010. The largest absolute Gasteiger partial charge is 0.481 e. The maximum absolute atomic E-state index is 11.9. The lowest BCUT2D eigenvalue weighted by Crippen LogP contribution is -2.22. The fourth-order valence-corrected chi connectivity index (χ4v) is 2.93. The fourth-order valence-electron chi connectivity index (χ4n) is 2.93. The molecule has 1 atom stereocenters. The molecule has 0 aliphatic carbocycles. The standard InChI is InChI=1S/C19H25N3O3.C6H5F/c1-14(19(24)25)16-6-2-5-15(13-16)8-12-20-9-4-11-21-17-7-3-10-22-18(17)23;7-6-4-2-1-3-5-6/h2-3,5-7,10,13-14,20-21H,4,8-9,11-12H2,1H3,(H,22,23)(H,24,25);1-5H. The zero-order valence-electron chi connectivity index (χ0n) is 18.2. The molecule has 0 bridgehead atoms. The number of aromatic amines is 1. The van der Waals surface area contributed by atoms with E-state index in [4.69, 9.17) is 5.11 Å². The van der Waals surface area contributed by atoms with Gasteiger partial charge in [0.15, 0.2) is 0 Å². The molecule has 32 heavy (non-hydrogen) atoms. The molecule has 1 aromatic heterocycles. The van der Waals surface area contributed by atoms with Crippen molar-refractivity contribution in [1.82, 2.24) is 10.3 Å². The van der Waals surface area contributed by atoms with Crippen LogP contribution in [0.4, 0.5) is 10.1 Å². The number of benzene rings is 2. The molecule has 170 valence electrons. The predicted octanol–water partition coefficient (Wildman–Crippen LogP) is 4.02. The van der Waals surface area contributed by atoms with Crippen molar-refractivity contribution in [2.75, 3.05) is 25.0 Å². The van der Waals surface area contributed by atoms with Gasteiger partial charge in [0.1, 0.15) is 11.5 Å². The van der Waals surface area contributed by atoms with Crippen molar-refractivity contribution < 1.29 is 14.3 Å². The molecule has 0 fully saturated rings. The van der Waals surface area contributed by atoms with Crippen molar-refractivity contribution >= 4 is 11.7 Å². The molecule has 2 aromatic carbocycles. The average Bonchev–Trinajstić information content (AvgIpc) is 2.80. The highest BCUT2D eigenvalue weighted by Crippen LogP contribution is 2.17. The summed E-state index contributed by atoms with van der Waals surface area (Å²) < 4.78 is 11.9. The molecule has 6 nitrogen and oxygen atoms in total. The number of carboxylic acid groups (broad SMARTS) is 1. The molecular formula is C25H30FN3O3. The van der Waals surface area contributed by atoms with Crippen LogP contribution in [0.5, 0.6) is 0 Å². The highest BCUT2D eigenvalue weighted by Gasteiger charge is 2.13. The summed E-state index contributed by atoms with van der Waals surface area (Å²) in [6, 6.07) is 19.2. The van der Waals surface area contributed by atoms with Gasteiger partial charge in [-0.3, -0.25) is 9.59 Å². The van der Waals surface area contributed by atoms with Gasteiger partial charge in [0.2, 0.25) is 0 Å². The molecule has 3 rings (SSSR count). The van der Waals surface area contributed by atoms with E-state index in [1.807, 2.05) is 24.3 Å². The Kier molecular flexibility index (Phi) is 10.7. The minimum absolute atomic E-state index is 0.106. The Balaban J connectivity index is 0.000000439. The van der Waals surface area contributed by atoms with Gasteiger partial charge in [-0.1, -0.05) is 42.5 Å². The number of rotatable bonds is 10. The lowest BCUT2D eigenvalue weighted by atomic mass is 9.98. The lowest BCUT2D eigenvalue weighted by molar-refractivity contribution is -0.138. The van der Waals surface area contributed by atoms with Gasteiger partial charge in [-0.2, -0.15) is 0 Å². The van der Waals surface area contributed by atoms with Gasteiger partial charge in [-0.05, 0) is 68.2 Å². The number of carbonyl (C=O) groups is 1. The Hall–Kier alpha value is -3.45. The minimum Gasteiger partial charge on any atom is -0.481 e. The van der Waals surface area contributed by atoms with E-state index in [9.17, 15) is 14.0 Å². The third-order valence-corrected chi connectivity index (χ3v) is 4.81. The molecule has 0 radical (unpaired) electrons. The number of halogens is 1. The van der Waals surface area contributed by atoms with E-state index in [0.717, 1.165) is 43.6 Å². The normalized spacial score (nSPS) is 11.2. The molecule has 0 spiro atoms. The number of pyridine rings is 1. The molecule has 1 heterocycles. The van der Waals surface area contributed by atoms with Crippen LogP contribution >= 0.6 is 0 Å². The minimum atomic E-state index is -0.806. The second-order valence-electron chi connectivity index (χ2n) is 7.29. The number of carboxylic acids is 1. The lowest BCUT2D eigenvalue weighted by Gasteiger charge is -2.10. The van der Waals surface area contributed by atoms with Crippen LogP contribution in [0, 0.1) is 5.82 Å². The van der Waals surface area contributed by atoms with Crippen molar-refractivity contribution in [3.05, 3.63) is 100 Å². The summed E-state index contributed by atoms with van der Waals surface area (Å²) in [5.74, 6) is -1.47. The molecule has 0 saturated carbocycles. The molecule has 1 unspecified atom stereocenters. The first-order chi connectivity index (χ1) is 15.5. The summed E-state index contributed by atoms with van der Waals surface area (Å²) in [5, 5.41) is 15.6. The molecule has 0 aliphatic rings. The van der Waals surface area contributed by atoms with Crippen LogP contribution in [0.15, 0.2) is 77.7 Å². The number of nitrogens with one attached hydrogen (secondary N) is 3. The summed E-state index contributed by atoms with van der Waals surface area (Å²) in [6.07, 6.45) is 3.37. The van der Waals surface area contributed by atoms with Crippen LogP contribution in [0.25, 0.3) is 0 Å². The molecule has 3 aromatic rings. The first-order valence-corrected chi connectivity index (χ1v) is 10.6. The van der Waals surface area contributed by atoms with Crippen LogP contribution in [-0.4, -0.2) is 35.7 Å². The van der Waals surface area contributed by atoms with Crippen molar-refractivity contribution in [1.29, 1.82) is 0 Å². The van der Waals surface area contributed by atoms with Gasteiger partial charge in [-0.15, -0.1) is 0 Å². The topological polar surface area (TPSA) is 94.2 Å². The number of aromatic nitrogens is 1. The first-order valence-electron chi connectivity index (χ1n) is 10.6. The second kappa shape index (κ2) is 13.8. The monoisotopic (exact) mass is 439 g/mol. The van der Waals surface area contributed by atoms with E-state index < -0.39 is 11.9 Å². The van der Waals surface area contributed by atoms with Crippen molar-refractivity contribution in [2.24, 2.45) is 0 Å². The van der Waals surface area contributed by atoms with Gasteiger partial charge in [0.25, 0.3) is 5.56 Å². The summed E-state index contributed by atoms with van der Waals surface area (Å²) in [6.45, 7) is 4.11. The number of aliphatic carboxylic acids is 1. The van der Waals surface area contributed by atoms with Gasteiger partial charge >= 0.3 is 5.97 Å². The van der Waals surface area contributed by atoms with E-state index in [1.165, 1.54) is 12.1 Å². The molecule has 0 aliphatic heterocycles. The smallest absolute Gasteiger partial charge is 0.310 e. The van der Waals surface area contributed by atoms with Crippen molar-refractivity contribution in [3.63, 3.8) is 0 Å². The predicted molar refractivity (Wildman–Crippen MR) is 126 cm³/mol. The maximum Gasteiger partial charge on any atom is 0.310 e. The van der Waals surface area contributed by atoms with E-state index in [0.29, 0.717) is 5.69 Å². The van der Waals surface area contributed by atoms with Crippen molar-refractivity contribution in [3.8, 4) is 0 Å². The Morgan fingerprint density at radius 1 is 1.03 bits per heavy atom. The zero-order valence-corrected chi connectivity index (χ0v) is 18.2. The van der Waals surface area contributed by atoms with Crippen LogP contribution < -0.4 is 16.2 Å². The van der Waals surface area contributed by atoms with Gasteiger partial charge in [-0.25, -0.2) is 4.39 Å². The fraction of sp³-hybridized carbons (Fsp3) is 0.280. The quantitative estimate of drug-likeness (QED) is 0.358. The van der Waals surface area contributed by atoms with Gasteiger partial charge in [0.05, 0.1) is 5.92 Å². The highest BCUT2D eigenvalue weighted by molar-refractivity contribution is 5.75. The van der Waals surface area contributed by atoms with E-state index in [1.54, 1.807) is 43.5 Å². The summed E-state index contributed by atoms with van der Waals surface area (Å²) >= 11 is 0. The third kappa shape index (κ3) is 9.14. The molecule has 0 saturated heterocycles. The summed E-state index contributed by atoms with van der Waals surface area (Å²) in [4.78, 5) is 25.2. The van der Waals surface area contributed by atoms with Crippen LogP contribution in [0.1, 0.15) is 30.4 Å². The number of hydrogen-bond acceptors (Lipinski definition) is 4. The van der Waals surface area contributed by atoms with E-state index in [-0.39, 0.29) is 11.4 Å². The Morgan fingerprint density at radius 3 is 2.47 bits per heavy atom. The van der Waals surface area contributed by atoms with E-state index >= 15 is 0 Å². The van der Waals surface area contributed by atoms with Crippen LogP contribution in [0.2, 0.25) is 0 Å². The Labute approximate surface area is 187 Å². The summed E-state index contributed by atoms with van der Waals surface area (Å²) in [5.41, 5.74) is 2.45. The first kappa shape index (κ1) is 24.8. The van der Waals surface area contributed by atoms with Crippen LogP contribution in [-0.2, 0) is 11.2 Å². The van der Waals surface area contributed by atoms with Crippen LogP contribution in [0.3, 0.4) is 0 Å². The maximum atomic E-state index is 11.9. The Morgan fingerprint density at radius 2 is 1.81 bits per heavy atom. The molecule has 4 N–H and O–H groups in total. The van der Waals surface area contributed by atoms with Gasteiger partial charge in [0, 0.05) is 12.7 Å². The number of hydrogen-bond donors (Lipinski definition) is 4.